The van der Waals surface area contributed by atoms with Crippen molar-refractivity contribution < 1.29 is 18.3 Å². The first-order valence-corrected chi connectivity index (χ1v) is 11.9. The van der Waals surface area contributed by atoms with Crippen LogP contribution in [-0.4, -0.2) is 36.9 Å². The summed E-state index contributed by atoms with van der Waals surface area (Å²) in [7, 11) is -3.69. The van der Waals surface area contributed by atoms with Gasteiger partial charge in [0, 0.05) is 16.7 Å². The lowest BCUT2D eigenvalue weighted by Gasteiger charge is -2.22. The SMILES string of the molecule is CCCCCCN(CCCCCC)S(=O)(=O)c1cc(I)cc(C(=O)O)c1. The number of halogens is 1. The maximum absolute atomic E-state index is 13.1. The molecule has 0 atom stereocenters. The molecule has 0 saturated heterocycles. The second-order valence-corrected chi connectivity index (χ2v) is 9.69. The first-order chi connectivity index (χ1) is 12.3. The monoisotopic (exact) mass is 495 g/mol. The molecule has 0 radical (unpaired) electrons. The smallest absolute Gasteiger partial charge is 0.335 e. The van der Waals surface area contributed by atoms with E-state index in [2.05, 4.69) is 13.8 Å². The Morgan fingerprint density at radius 3 is 1.96 bits per heavy atom. The molecule has 0 aliphatic heterocycles. The third-order valence-electron chi connectivity index (χ3n) is 4.28. The molecule has 26 heavy (non-hydrogen) atoms. The van der Waals surface area contributed by atoms with E-state index in [1.807, 2.05) is 22.6 Å². The molecule has 1 aromatic rings. The van der Waals surface area contributed by atoms with Gasteiger partial charge in [0.05, 0.1) is 10.5 Å². The quantitative estimate of drug-likeness (QED) is 0.304. The van der Waals surface area contributed by atoms with Crippen LogP contribution >= 0.6 is 22.6 Å². The van der Waals surface area contributed by atoms with Crippen molar-refractivity contribution >= 4 is 38.6 Å². The number of hydrogen-bond acceptors (Lipinski definition) is 3. The minimum absolute atomic E-state index is 0.00684. The highest BCUT2D eigenvalue weighted by molar-refractivity contribution is 14.1. The van der Waals surface area contributed by atoms with Gasteiger partial charge in [-0.3, -0.25) is 0 Å². The summed E-state index contributed by atoms with van der Waals surface area (Å²) in [5, 5.41) is 9.23. The predicted octanol–water partition coefficient (Wildman–Crippen LogP) is 5.14. The topological polar surface area (TPSA) is 74.7 Å². The lowest BCUT2D eigenvalue weighted by molar-refractivity contribution is 0.0696. The van der Waals surface area contributed by atoms with E-state index in [1.165, 1.54) is 16.4 Å². The number of rotatable bonds is 13. The van der Waals surface area contributed by atoms with Crippen LogP contribution < -0.4 is 0 Å². The highest BCUT2D eigenvalue weighted by atomic mass is 127. The van der Waals surface area contributed by atoms with Crippen LogP contribution in [0.3, 0.4) is 0 Å². The van der Waals surface area contributed by atoms with Crippen LogP contribution in [-0.2, 0) is 10.0 Å². The maximum atomic E-state index is 13.1. The molecule has 0 fully saturated rings. The Bertz CT molecular complexity index is 664. The lowest BCUT2D eigenvalue weighted by atomic mass is 10.2. The van der Waals surface area contributed by atoms with Crippen molar-refractivity contribution in [2.75, 3.05) is 13.1 Å². The molecule has 5 nitrogen and oxygen atoms in total. The average molecular weight is 495 g/mol. The molecule has 1 rings (SSSR count). The Labute approximate surface area is 171 Å². The Morgan fingerprint density at radius 2 is 1.50 bits per heavy atom. The fraction of sp³-hybridized carbons (Fsp3) is 0.632. The number of hydrogen-bond donors (Lipinski definition) is 1. The summed E-state index contributed by atoms with van der Waals surface area (Å²) in [6.45, 7) is 5.22. The molecule has 7 heteroatoms. The Hall–Kier alpha value is -0.670. The van der Waals surface area contributed by atoms with E-state index in [0.29, 0.717) is 16.7 Å². The van der Waals surface area contributed by atoms with Crippen molar-refractivity contribution in [3.05, 3.63) is 27.3 Å². The summed E-state index contributed by atoms with van der Waals surface area (Å²) in [5.41, 5.74) is 0.00684. The Kier molecular flexibility index (Phi) is 10.7. The summed E-state index contributed by atoms with van der Waals surface area (Å²) in [6.07, 6.45) is 8.05. The zero-order valence-corrected chi connectivity index (χ0v) is 18.7. The maximum Gasteiger partial charge on any atom is 0.335 e. The molecule has 0 amide bonds. The molecule has 148 valence electrons. The number of carbonyl (C=O) groups is 1. The highest BCUT2D eigenvalue weighted by Crippen LogP contribution is 2.22. The molecule has 0 aliphatic carbocycles. The average Bonchev–Trinajstić information content (AvgIpc) is 2.59. The van der Waals surface area contributed by atoms with E-state index < -0.39 is 16.0 Å². The molecule has 1 N–H and O–H groups in total. The van der Waals surface area contributed by atoms with Gasteiger partial charge >= 0.3 is 5.97 Å². The number of benzene rings is 1. The van der Waals surface area contributed by atoms with Crippen LogP contribution in [0.1, 0.15) is 75.6 Å². The van der Waals surface area contributed by atoms with Crippen molar-refractivity contribution in [2.24, 2.45) is 0 Å². The normalized spacial score (nSPS) is 11.8. The van der Waals surface area contributed by atoms with Crippen molar-refractivity contribution in [3.63, 3.8) is 0 Å². The fourth-order valence-electron chi connectivity index (χ4n) is 2.77. The van der Waals surface area contributed by atoms with Gasteiger partial charge in [0.1, 0.15) is 0 Å². The largest absolute Gasteiger partial charge is 0.478 e. The van der Waals surface area contributed by atoms with Gasteiger partial charge in [-0.1, -0.05) is 52.4 Å². The molecule has 0 bridgehead atoms. The van der Waals surface area contributed by atoms with Gasteiger partial charge in [-0.2, -0.15) is 4.31 Å². The van der Waals surface area contributed by atoms with Crippen LogP contribution in [0.5, 0.6) is 0 Å². The van der Waals surface area contributed by atoms with Gasteiger partial charge in [0.25, 0.3) is 0 Å². The molecule has 0 aliphatic rings. The summed E-state index contributed by atoms with van der Waals surface area (Å²) in [5.74, 6) is -1.11. The zero-order chi connectivity index (χ0) is 19.6. The van der Waals surface area contributed by atoms with Crippen LogP contribution in [0.2, 0.25) is 0 Å². The minimum atomic E-state index is -3.69. The molecule has 0 heterocycles. The van der Waals surface area contributed by atoms with Gasteiger partial charge in [-0.05, 0) is 53.6 Å². The molecule has 0 saturated carbocycles. The predicted molar refractivity (Wildman–Crippen MR) is 113 cm³/mol. The number of nitrogens with zero attached hydrogens (tertiary/aromatic N) is 1. The first-order valence-electron chi connectivity index (χ1n) is 9.37. The van der Waals surface area contributed by atoms with Crippen molar-refractivity contribution in [1.82, 2.24) is 4.31 Å². The van der Waals surface area contributed by atoms with E-state index in [-0.39, 0.29) is 10.5 Å². The van der Waals surface area contributed by atoms with E-state index in [0.717, 1.165) is 51.4 Å². The van der Waals surface area contributed by atoms with Gasteiger partial charge in [-0.25, -0.2) is 13.2 Å². The molecule has 0 spiro atoms. The van der Waals surface area contributed by atoms with Gasteiger partial charge in [0.15, 0.2) is 0 Å². The van der Waals surface area contributed by atoms with Crippen LogP contribution in [0.15, 0.2) is 23.1 Å². The molecular weight excluding hydrogens is 465 g/mol. The van der Waals surface area contributed by atoms with E-state index in [1.54, 1.807) is 6.07 Å². The van der Waals surface area contributed by atoms with E-state index >= 15 is 0 Å². The number of unbranched alkanes of at least 4 members (excludes halogenated alkanes) is 6. The Balaban J connectivity index is 3.01. The number of sulfonamides is 1. The number of carboxylic acid groups (broad SMARTS) is 1. The number of aromatic carboxylic acids is 1. The fourth-order valence-corrected chi connectivity index (χ4v) is 5.24. The molecular formula is C19H30INO4S. The summed E-state index contributed by atoms with van der Waals surface area (Å²) in [4.78, 5) is 11.4. The van der Waals surface area contributed by atoms with Gasteiger partial charge in [-0.15, -0.1) is 0 Å². The van der Waals surface area contributed by atoms with Crippen molar-refractivity contribution in [1.29, 1.82) is 0 Å². The van der Waals surface area contributed by atoms with Gasteiger partial charge in [0.2, 0.25) is 10.0 Å². The third kappa shape index (κ3) is 7.52. The highest BCUT2D eigenvalue weighted by Gasteiger charge is 2.25. The standard InChI is InChI=1S/C19H30INO4S/c1-3-5-7-9-11-21(12-10-8-6-4-2)26(24,25)18-14-16(19(22)23)13-17(20)15-18/h13-15H,3-12H2,1-2H3,(H,22,23). The minimum Gasteiger partial charge on any atom is -0.478 e. The Morgan fingerprint density at radius 1 is 0.962 bits per heavy atom. The van der Waals surface area contributed by atoms with Crippen LogP contribution in [0.25, 0.3) is 0 Å². The van der Waals surface area contributed by atoms with Crippen molar-refractivity contribution in [2.45, 2.75) is 70.1 Å². The van der Waals surface area contributed by atoms with E-state index in [4.69, 9.17) is 0 Å². The second-order valence-electron chi connectivity index (χ2n) is 6.51. The summed E-state index contributed by atoms with van der Waals surface area (Å²) in [6, 6.07) is 4.30. The van der Waals surface area contributed by atoms with Crippen LogP contribution in [0, 0.1) is 3.57 Å². The first kappa shape index (κ1) is 23.4. The van der Waals surface area contributed by atoms with Crippen LogP contribution in [0.4, 0.5) is 0 Å². The lowest BCUT2D eigenvalue weighted by Crippen LogP contribution is -2.33. The summed E-state index contributed by atoms with van der Waals surface area (Å²) < 4.78 is 28.4. The molecule has 0 unspecified atom stereocenters. The number of carboxylic acids is 1. The molecule has 0 aromatic heterocycles. The van der Waals surface area contributed by atoms with E-state index in [9.17, 15) is 18.3 Å². The third-order valence-corrected chi connectivity index (χ3v) is 6.78. The summed E-state index contributed by atoms with van der Waals surface area (Å²) >= 11 is 1.96. The van der Waals surface area contributed by atoms with Gasteiger partial charge < -0.3 is 5.11 Å². The van der Waals surface area contributed by atoms with Crippen molar-refractivity contribution in [3.8, 4) is 0 Å². The zero-order valence-electron chi connectivity index (χ0n) is 15.7. The molecule has 1 aromatic carbocycles. The second kappa shape index (κ2) is 11.9.